The zero-order valence-electron chi connectivity index (χ0n) is 19.0. The van der Waals surface area contributed by atoms with E-state index in [1.807, 2.05) is 74.5 Å². The van der Waals surface area contributed by atoms with E-state index >= 15 is 0 Å². The van der Waals surface area contributed by atoms with Gasteiger partial charge in [0.2, 0.25) is 0 Å². The molecule has 0 atom stereocenters. The number of aryl methyl sites for hydroxylation is 2. The first kappa shape index (κ1) is 21.4. The number of nitrogens with zero attached hydrogens (tertiary/aromatic N) is 4. The van der Waals surface area contributed by atoms with Crippen LogP contribution >= 0.6 is 0 Å². The summed E-state index contributed by atoms with van der Waals surface area (Å²) in [7, 11) is 0. The molecule has 0 radical (unpaired) electrons. The lowest BCUT2D eigenvalue weighted by molar-refractivity contribution is 0.0983. The fourth-order valence-corrected chi connectivity index (χ4v) is 3.98. The van der Waals surface area contributed by atoms with Crippen LogP contribution in [0.25, 0.3) is 23.1 Å². The maximum absolute atomic E-state index is 12.9. The topological polar surface area (TPSA) is 104 Å². The third-order valence-corrected chi connectivity index (χ3v) is 5.60. The second-order valence-electron chi connectivity index (χ2n) is 8.12. The van der Waals surface area contributed by atoms with Crippen molar-refractivity contribution < 1.29 is 4.79 Å². The molecule has 0 bridgehead atoms. The Morgan fingerprint density at radius 2 is 2.00 bits per heavy atom. The number of Topliss-reactive ketones (excluding diaryl/α,β-unsaturated/α-hetero) is 1. The summed E-state index contributed by atoms with van der Waals surface area (Å²) in [6, 6.07) is 15.9. The van der Waals surface area contributed by atoms with Crippen molar-refractivity contribution in [1.82, 2.24) is 29.9 Å². The molecule has 0 aliphatic heterocycles. The number of H-pyrrole nitrogens is 2. The molecule has 0 fully saturated rings. The molecule has 0 unspecified atom stereocenters. The van der Waals surface area contributed by atoms with E-state index in [1.165, 1.54) is 0 Å². The van der Waals surface area contributed by atoms with Gasteiger partial charge in [-0.2, -0.15) is 10.2 Å². The van der Waals surface area contributed by atoms with Crippen molar-refractivity contribution in [3.05, 3.63) is 89.4 Å². The van der Waals surface area contributed by atoms with Gasteiger partial charge in [0.05, 0.1) is 35.1 Å². The number of aromatic amines is 2. The zero-order valence-corrected chi connectivity index (χ0v) is 19.0. The van der Waals surface area contributed by atoms with Gasteiger partial charge in [-0.25, -0.2) is 4.98 Å². The predicted molar refractivity (Wildman–Crippen MR) is 134 cm³/mol. The molecule has 8 nitrogen and oxygen atoms in total. The van der Waals surface area contributed by atoms with E-state index < -0.39 is 0 Å². The number of ketones is 1. The van der Waals surface area contributed by atoms with Crippen LogP contribution in [0.1, 0.15) is 40.1 Å². The van der Waals surface area contributed by atoms with Gasteiger partial charge in [0, 0.05) is 29.7 Å². The van der Waals surface area contributed by atoms with Crippen LogP contribution < -0.4 is 5.32 Å². The van der Waals surface area contributed by atoms with E-state index in [9.17, 15) is 4.79 Å². The highest BCUT2D eigenvalue weighted by atomic mass is 16.1. The smallest absolute Gasteiger partial charge is 0.185 e. The predicted octanol–water partition coefficient (Wildman–Crippen LogP) is 5.15. The Bertz CT molecular complexity index is 1470. The minimum Gasteiger partial charge on any atom is -0.355 e. The highest BCUT2D eigenvalue weighted by molar-refractivity contribution is 5.96. The van der Waals surface area contributed by atoms with Crippen molar-refractivity contribution in [2.75, 3.05) is 5.32 Å². The lowest BCUT2D eigenvalue weighted by Gasteiger charge is -2.09. The molecule has 3 heterocycles. The van der Waals surface area contributed by atoms with Crippen LogP contribution in [0.2, 0.25) is 0 Å². The van der Waals surface area contributed by atoms with Crippen LogP contribution in [0, 0.1) is 6.92 Å². The first-order valence-electron chi connectivity index (χ1n) is 11.2. The van der Waals surface area contributed by atoms with E-state index in [0.29, 0.717) is 18.7 Å². The average molecular weight is 452 g/mol. The van der Waals surface area contributed by atoms with Crippen LogP contribution in [0.5, 0.6) is 0 Å². The zero-order chi connectivity index (χ0) is 23.5. The Morgan fingerprint density at radius 3 is 2.82 bits per heavy atom. The largest absolute Gasteiger partial charge is 0.355 e. The Kier molecular flexibility index (Phi) is 5.78. The van der Waals surface area contributed by atoms with Crippen molar-refractivity contribution in [1.29, 1.82) is 0 Å². The molecular formula is C26H25N7O. The van der Waals surface area contributed by atoms with Gasteiger partial charge in [0.25, 0.3) is 0 Å². The van der Waals surface area contributed by atoms with Gasteiger partial charge in [-0.3, -0.25) is 14.6 Å². The number of carbonyl (C=O) groups is 1. The molecule has 34 heavy (non-hydrogen) atoms. The van der Waals surface area contributed by atoms with Gasteiger partial charge < -0.3 is 10.3 Å². The van der Waals surface area contributed by atoms with Crippen molar-refractivity contribution >= 4 is 40.2 Å². The summed E-state index contributed by atoms with van der Waals surface area (Å²) in [6.07, 6.45) is 7.62. The Labute approximate surface area is 196 Å². The molecule has 0 aliphatic rings. The van der Waals surface area contributed by atoms with Gasteiger partial charge in [0.15, 0.2) is 5.78 Å². The maximum atomic E-state index is 12.9. The number of hydrogen-bond donors (Lipinski definition) is 3. The van der Waals surface area contributed by atoms with Crippen molar-refractivity contribution in [3.8, 4) is 0 Å². The van der Waals surface area contributed by atoms with Crippen molar-refractivity contribution in [3.63, 3.8) is 0 Å². The number of aromatic nitrogens is 6. The van der Waals surface area contributed by atoms with Crippen LogP contribution in [0.15, 0.2) is 61.1 Å². The first-order valence-corrected chi connectivity index (χ1v) is 11.2. The number of anilines is 2. The molecule has 0 saturated carbocycles. The Balaban J connectivity index is 1.31. The highest BCUT2D eigenvalue weighted by Crippen LogP contribution is 2.25. The summed E-state index contributed by atoms with van der Waals surface area (Å²) in [5.41, 5.74) is 7.02. The van der Waals surface area contributed by atoms with Crippen LogP contribution in [-0.2, 0) is 13.0 Å². The average Bonchev–Trinajstić information content (AvgIpc) is 3.57. The summed E-state index contributed by atoms with van der Waals surface area (Å²) in [4.78, 5) is 19.9. The molecule has 0 amide bonds. The van der Waals surface area contributed by atoms with Gasteiger partial charge in [-0.1, -0.05) is 12.1 Å². The number of nitrogens with one attached hydrogen (secondary N) is 3. The minimum absolute atomic E-state index is 0.0641. The van der Waals surface area contributed by atoms with E-state index in [4.69, 9.17) is 0 Å². The second-order valence-corrected chi connectivity index (χ2v) is 8.12. The van der Waals surface area contributed by atoms with E-state index in [0.717, 1.165) is 44.9 Å². The third-order valence-electron chi connectivity index (χ3n) is 5.60. The molecule has 0 saturated heterocycles. The van der Waals surface area contributed by atoms with E-state index in [-0.39, 0.29) is 5.78 Å². The normalized spacial score (nSPS) is 11.5. The molecule has 2 aromatic carbocycles. The minimum atomic E-state index is 0.0641. The number of benzene rings is 2. The van der Waals surface area contributed by atoms with Crippen LogP contribution in [0.4, 0.5) is 11.4 Å². The van der Waals surface area contributed by atoms with E-state index in [1.54, 1.807) is 17.2 Å². The fourth-order valence-electron chi connectivity index (χ4n) is 3.98. The molecule has 0 aliphatic carbocycles. The number of rotatable bonds is 8. The summed E-state index contributed by atoms with van der Waals surface area (Å²) in [5.74, 6) is 0.0641. The summed E-state index contributed by atoms with van der Waals surface area (Å²) in [5, 5.41) is 16.4. The molecule has 5 aromatic rings. The fraction of sp³-hybridized carbons (Fsp3) is 0.154. The second kappa shape index (κ2) is 9.19. The summed E-state index contributed by atoms with van der Waals surface area (Å²) < 4.78 is 1.76. The van der Waals surface area contributed by atoms with Crippen LogP contribution in [0.3, 0.4) is 0 Å². The van der Waals surface area contributed by atoms with Gasteiger partial charge in [-0.15, -0.1) is 0 Å². The van der Waals surface area contributed by atoms with Gasteiger partial charge in [-0.05, 0) is 68.0 Å². The number of imidazole rings is 1. The molecule has 3 N–H and O–H groups in total. The Morgan fingerprint density at radius 1 is 1.12 bits per heavy atom. The number of hydrogen-bond acceptors (Lipinski definition) is 5. The molecule has 5 rings (SSSR count). The van der Waals surface area contributed by atoms with Crippen molar-refractivity contribution in [2.24, 2.45) is 0 Å². The summed E-state index contributed by atoms with van der Waals surface area (Å²) in [6.45, 7) is 4.57. The van der Waals surface area contributed by atoms with Gasteiger partial charge in [0.1, 0.15) is 5.69 Å². The first-order chi connectivity index (χ1) is 16.6. The third kappa shape index (κ3) is 4.52. The monoisotopic (exact) mass is 451 g/mol. The van der Waals surface area contributed by atoms with Crippen LogP contribution in [-0.4, -0.2) is 35.7 Å². The standard InChI is InChI=1S/C26H25N7O/c1-3-33-25(11-17(2)32-33)26(34)13-18-5-4-6-19(12-18)29-20-7-9-22-23(30-31-24(22)14-20)10-8-21-15-27-16-28-21/h4-12,14-16,29H,3,13H2,1-2H3,(H,27,28)(H,30,31)/b10-8+. The molecule has 8 heteroatoms. The SMILES string of the molecule is CCn1nc(C)cc1C(=O)Cc1cccc(Nc2ccc3c(/C=C/c4cnc[nH]4)n[nH]c3c2)c1. The number of fused-ring (bicyclic) bond motifs is 1. The van der Waals surface area contributed by atoms with E-state index in [2.05, 4.69) is 30.6 Å². The molecule has 0 spiro atoms. The lowest BCUT2D eigenvalue weighted by atomic mass is 10.1. The Hall–Kier alpha value is -4.46. The van der Waals surface area contributed by atoms with Gasteiger partial charge >= 0.3 is 0 Å². The van der Waals surface area contributed by atoms with Crippen molar-refractivity contribution in [2.45, 2.75) is 26.8 Å². The molecule has 170 valence electrons. The summed E-state index contributed by atoms with van der Waals surface area (Å²) >= 11 is 0. The molecular weight excluding hydrogens is 426 g/mol. The molecule has 3 aromatic heterocycles. The quantitative estimate of drug-likeness (QED) is 0.283. The lowest BCUT2D eigenvalue weighted by Crippen LogP contribution is -2.11. The maximum Gasteiger partial charge on any atom is 0.185 e. The number of carbonyl (C=O) groups excluding carboxylic acids is 1. The highest BCUT2D eigenvalue weighted by Gasteiger charge is 2.14.